The average molecular weight is 392 g/mol. The minimum Gasteiger partial charge on any atom is -1.00 e. The Kier molecular flexibility index (Phi) is 21.8. The fourth-order valence-corrected chi connectivity index (χ4v) is 6.87. The van der Waals surface area contributed by atoms with Crippen LogP contribution in [0.5, 0.6) is 0 Å². The molecular weight excluding hydrogens is 357 g/mol. The van der Waals surface area contributed by atoms with Gasteiger partial charge in [-0.1, -0.05) is 40.0 Å². The van der Waals surface area contributed by atoms with Crippen molar-refractivity contribution in [3.05, 3.63) is 0 Å². The van der Waals surface area contributed by atoms with E-state index in [1.54, 1.807) is 18.5 Å². The highest BCUT2D eigenvalue weighted by atomic mass is 127. The van der Waals surface area contributed by atoms with Crippen LogP contribution in [0.15, 0.2) is 0 Å². The van der Waals surface area contributed by atoms with Gasteiger partial charge < -0.3 is 24.0 Å². The van der Waals surface area contributed by atoms with Crippen LogP contribution in [0.4, 0.5) is 0 Å². The van der Waals surface area contributed by atoms with Gasteiger partial charge in [0, 0.05) is 7.26 Å². The SMILES string of the molecule is CCCC[P+](CC)(CCCC)CCCC.P.[I-]. The lowest BCUT2D eigenvalue weighted by molar-refractivity contribution is -0.00000371. The molecule has 0 bridgehead atoms. The molecule has 0 nitrogen and oxygen atoms in total. The van der Waals surface area contributed by atoms with Crippen molar-refractivity contribution < 1.29 is 24.0 Å². The van der Waals surface area contributed by atoms with Gasteiger partial charge in [0.2, 0.25) is 0 Å². The summed E-state index contributed by atoms with van der Waals surface area (Å²) < 4.78 is 0. The molecule has 0 saturated carbocycles. The van der Waals surface area contributed by atoms with E-state index in [4.69, 9.17) is 0 Å². The Morgan fingerprint density at radius 1 is 0.647 bits per heavy atom. The molecule has 0 saturated heterocycles. The van der Waals surface area contributed by atoms with Gasteiger partial charge in [-0.25, -0.2) is 0 Å². The molecule has 0 aliphatic rings. The first kappa shape index (κ1) is 23.7. The maximum absolute atomic E-state index is 2.45. The standard InChI is InChI=1S/C14H32P.HI.H3P/c1-5-9-12-15(8-4,13-10-6-2)14-11-7-3;;/h5-14H2,1-4H3;1H;1H3/q+1;;/p-1. The first-order valence-electron chi connectivity index (χ1n) is 7.09. The lowest BCUT2D eigenvalue weighted by atomic mass is 10.4. The zero-order valence-corrected chi connectivity index (χ0v) is 17.1. The fourth-order valence-electron chi connectivity index (χ4n) is 2.29. The summed E-state index contributed by atoms with van der Waals surface area (Å²) >= 11 is 0. The van der Waals surface area contributed by atoms with E-state index in [1.165, 1.54) is 44.7 Å². The third-order valence-corrected chi connectivity index (χ3v) is 8.77. The van der Waals surface area contributed by atoms with Crippen molar-refractivity contribution >= 4 is 17.2 Å². The molecule has 0 radical (unpaired) electrons. The lowest BCUT2D eigenvalue weighted by Crippen LogP contribution is -3.00. The van der Waals surface area contributed by atoms with Crippen molar-refractivity contribution in [2.75, 3.05) is 24.6 Å². The largest absolute Gasteiger partial charge is 1.00 e. The molecule has 0 heterocycles. The third-order valence-electron chi connectivity index (χ3n) is 3.63. The summed E-state index contributed by atoms with van der Waals surface area (Å²) in [5, 5.41) is 0. The Hall–Kier alpha value is 1.59. The fraction of sp³-hybridized carbons (Fsp3) is 1.00. The highest BCUT2D eigenvalue weighted by molar-refractivity contribution is 7.75. The normalized spacial score (nSPS) is 10.6. The van der Waals surface area contributed by atoms with E-state index in [9.17, 15) is 0 Å². The molecule has 0 aromatic carbocycles. The summed E-state index contributed by atoms with van der Waals surface area (Å²) in [7, 11) is -0.527. The number of halogens is 1. The lowest BCUT2D eigenvalue weighted by Gasteiger charge is -2.26. The zero-order valence-electron chi connectivity index (χ0n) is 12.6. The quantitative estimate of drug-likeness (QED) is 0.396. The van der Waals surface area contributed by atoms with Crippen LogP contribution in [-0.4, -0.2) is 24.6 Å². The van der Waals surface area contributed by atoms with Crippen LogP contribution in [0.1, 0.15) is 66.2 Å². The Balaban J connectivity index is -0.000000980. The monoisotopic (exact) mass is 392 g/mol. The van der Waals surface area contributed by atoms with Gasteiger partial charge in [-0.15, -0.1) is 0 Å². The Bertz CT molecular complexity index is 118. The van der Waals surface area contributed by atoms with Crippen LogP contribution < -0.4 is 24.0 Å². The summed E-state index contributed by atoms with van der Waals surface area (Å²) in [6.45, 7) is 9.46. The highest BCUT2D eigenvalue weighted by Gasteiger charge is 2.32. The van der Waals surface area contributed by atoms with E-state index in [2.05, 4.69) is 27.7 Å². The number of hydrogen-bond donors (Lipinski definition) is 0. The van der Waals surface area contributed by atoms with E-state index >= 15 is 0 Å². The van der Waals surface area contributed by atoms with Crippen molar-refractivity contribution in [2.24, 2.45) is 0 Å². The molecular formula is C14H35IP2. The van der Waals surface area contributed by atoms with Gasteiger partial charge in [0.1, 0.15) is 0 Å². The number of rotatable bonds is 10. The van der Waals surface area contributed by atoms with Crippen molar-refractivity contribution in [1.29, 1.82) is 0 Å². The van der Waals surface area contributed by atoms with E-state index in [0.717, 1.165) is 0 Å². The smallest absolute Gasteiger partial charge is 0.0594 e. The molecule has 17 heavy (non-hydrogen) atoms. The third kappa shape index (κ3) is 11.1. The molecule has 0 aromatic heterocycles. The number of unbranched alkanes of at least 4 members (excludes halogenated alkanes) is 3. The maximum atomic E-state index is 2.45. The van der Waals surface area contributed by atoms with Gasteiger partial charge in [0.25, 0.3) is 0 Å². The Morgan fingerprint density at radius 2 is 0.941 bits per heavy atom. The molecule has 108 valence electrons. The van der Waals surface area contributed by atoms with Crippen LogP contribution in [0, 0.1) is 0 Å². The molecule has 0 N–H and O–H groups in total. The molecule has 1 unspecified atom stereocenters. The van der Waals surface area contributed by atoms with Gasteiger partial charge in [-0.3, -0.25) is 0 Å². The molecule has 0 aromatic rings. The second-order valence-corrected chi connectivity index (χ2v) is 9.55. The maximum Gasteiger partial charge on any atom is 0.0594 e. The van der Waals surface area contributed by atoms with Crippen molar-refractivity contribution in [2.45, 2.75) is 66.2 Å². The molecule has 0 amide bonds. The van der Waals surface area contributed by atoms with Gasteiger partial charge in [-0.05, 0) is 26.2 Å². The number of hydrogen-bond acceptors (Lipinski definition) is 0. The summed E-state index contributed by atoms with van der Waals surface area (Å²) in [4.78, 5) is 0. The minimum absolute atomic E-state index is 0. The second kappa shape index (κ2) is 15.6. The Labute approximate surface area is 131 Å². The first-order valence-corrected chi connectivity index (χ1v) is 9.62. The van der Waals surface area contributed by atoms with E-state index < -0.39 is 7.26 Å². The van der Waals surface area contributed by atoms with E-state index in [0.29, 0.717) is 0 Å². The molecule has 0 fully saturated rings. The predicted molar refractivity (Wildman–Crippen MR) is 87.9 cm³/mol. The van der Waals surface area contributed by atoms with Gasteiger partial charge in [0.15, 0.2) is 0 Å². The van der Waals surface area contributed by atoms with Crippen LogP contribution in [0.2, 0.25) is 0 Å². The van der Waals surface area contributed by atoms with Gasteiger partial charge in [-0.2, -0.15) is 9.90 Å². The van der Waals surface area contributed by atoms with E-state index in [1.807, 2.05) is 0 Å². The van der Waals surface area contributed by atoms with Gasteiger partial charge >= 0.3 is 0 Å². The average Bonchev–Trinajstić information content (AvgIpc) is 2.29. The van der Waals surface area contributed by atoms with E-state index in [-0.39, 0.29) is 33.9 Å². The van der Waals surface area contributed by atoms with Crippen LogP contribution in [0.25, 0.3) is 0 Å². The van der Waals surface area contributed by atoms with Crippen LogP contribution in [0.3, 0.4) is 0 Å². The summed E-state index contributed by atoms with van der Waals surface area (Å²) in [5.74, 6) is 0. The molecule has 0 aliphatic carbocycles. The summed E-state index contributed by atoms with van der Waals surface area (Å²) in [5.41, 5.74) is 0. The minimum atomic E-state index is -0.527. The summed E-state index contributed by atoms with van der Waals surface area (Å²) in [6, 6.07) is 0. The molecule has 0 spiro atoms. The molecule has 0 rings (SSSR count). The van der Waals surface area contributed by atoms with Crippen LogP contribution >= 0.6 is 17.2 Å². The molecule has 0 aliphatic heterocycles. The van der Waals surface area contributed by atoms with Crippen molar-refractivity contribution in [1.82, 2.24) is 0 Å². The zero-order chi connectivity index (χ0) is 11.6. The molecule has 3 heteroatoms. The highest BCUT2D eigenvalue weighted by Crippen LogP contribution is 2.60. The van der Waals surface area contributed by atoms with Crippen molar-refractivity contribution in [3.8, 4) is 0 Å². The second-order valence-electron chi connectivity index (χ2n) is 4.89. The first-order chi connectivity index (χ1) is 7.24. The predicted octanol–water partition coefficient (Wildman–Crippen LogP) is 2.49. The van der Waals surface area contributed by atoms with Crippen LogP contribution in [-0.2, 0) is 0 Å². The van der Waals surface area contributed by atoms with Crippen molar-refractivity contribution in [3.63, 3.8) is 0 Å². The Morgan fingerprint density at radius 3 is 1.12 bits per heavy atom. The topological polar surface area (TPSA) is 0 Å². The van der Waals surface area contributed by atoms with Gasteiger partial charge in [0.05, 0.1) is 24.6 Å². The summed E-state index contributed by atoms with van der Waals surface area (Å²) in [6.07, 6.45) is 14.9. The molecule has 1 atom stereocenters.